The third kappa shape index (κ3) is 2.10. The van der Waals surface area contributed by atoms with E-state index in [4.69, 9.17) is 5.73 Å². The number of aromatic nitrogens is 2. The van der Waals surface area contributed by atoms with Crippen molar-refractivity contribution in [2.45, 2.75) is 39.5 Å². The van der Waals surface area contributed by atoms with Crippen LogP contribution in [0.2, 0.25) is 0 Å². The zero-order valence-corrected chi connectivity index (χ0v) is 10.6. The molecule has 0 amide bonds. The van der Waals surface area contributed by atoms with Crippen LogP contribution in [-0.4, -0.2) is 15.3 Å². The molecule has 0 spiro atoms. The van der Waals surface area contributed by atoms with Crippen molar-refractivity contribution in [3.8, 4) is 0 Å². The third-order valence-corrected chi connectivity index (χ3v) is 2.83. The third-order valence-electron chi connectivity index (χ3n) is 2.83. The average Bonchev–Trinajstić information content (AvgIpc) is 2.71. The molecule has 1 aromatic heterocycles. The lowest BCUT2D eigenvalue weighted by Crippen LogP contribution is -2.53. The molecular formula is C12H19N5. The molecule has 17 heavy (non-hydrogen) atoms. The number of imidazole rings is 1. The molecule has 1 aliphatic heterocycles. The van der Waals surface area contributed by atoms with E-state index in [0.29, 0.717) is 0 Å². The van der Waals surface area contributed by atoms with Crippen LogP contribution in [0.4, 0.5) is 0 Å². The maximum Gasteiger partial charge on any atom is 0.270 e. The van der Waals surface area contributed by atoms with Gasteiger partial charge in [-0.15, -0.1) is 0 Å². The zero-order chi connectivity index (χ0) is 12.5. The number of aryl methyl sites for hydroxylation is 2. The van der Waals surface area contributed by atoms with Crippen LogP contribution in [0.5, 0.6) is 0 Å². The predicted molar refractivity (Wildman–Crippen MR) is 68.5 cm³/mol. The van der Waals surface area contributed by atoms with Crippen molar-refractivity contribution in [3.63, 3.8) is 0 Å². The normalized spacial score (nSPS) is 23.4. The minimum atomic E-state index is -0.938. The van der Waals surface area contributed by atoms with Gasteiger partial charge in [0.1, 0.15) is 5.82 Å². The van der Waals surface area contributed by atoms with Gasteiger partial charge in [-0.25, -0.2) is 9.98 Å². The maximum absolute atomic E-state index is 6.31. The number of nitrogens with zero attached hydrogens (tertiary/aromatic N) is 3. The van der Waals surface area contributed by atoms with E-state index in [-0.39, 0.29) is 0 Å². The highest BCUT2D eigenvalue weighted by molar-refractivity contribution is 5.95. The zero-order valence-electron chi connectivity index (χ0n) is 10.6. The summed E-state index contributed by atoms with van der Waals surface area (Å²) in [4.78, 5) is 8.99. The van der Waals surface area contributed by atoms with E-state index in [1.54, 1.807) is 0 Å². The van der Waals surface area contributed by atoms with E-state index >= 15 is 0 Å². The van der Waals surface area contributed by atoms with Gasteiger partial charge >= 0.3 is 0 Å². The van der Waals surface area contributed by atoms with Gasteiger partial charge in [-0.2, -0.15) is 0 Å². The first-order chi connectivity index (χ1) is 8.09. The second-order valence-electron chi connectivity index (χ2n) is 4.18. The van der Waals surface area contributed by atoms with Crippen LogP contribution in [0.3, 0.4) is 0 Å². The van der Waals surface area contributed by atoms with Crippen molar-refractivity contribution in [3.05, 3.63) is 30.0 Å². The molecular weight excluding hydrogens is 214 g/mol. The van der Waals surface area contributed by atoms with Crippen LogP contribution in [0.1, 0.15) is 31.8 Å². The summed E-state index contributed by atoms with van der Waals surface area (Å²) in [6.45, 7) is 6.09. The number of aliphatic imine (C=N–C) groups is 1. The molecule has 0 aromatic carbocycles. The number of rotatable bonds is 3. The van der Waals surface area contributed by atoms with E-state index in [0.717, 1.165) is 30.1 Å². The van der Waals surface area contributed by atoms with Gasteiger partial charge in [0.25, 0.3) is 5.91 Å². The van der Waals surface area contributed by atoms with E-state index in [1.807, 2.05) is 30.0 Å². The fourth-order valence-electron chi connectivity index (χ4n) is 1.96. The first-order valence-corrected chi connectivity index (χ1v) is 5.96. The molecule has 0 bridgehead atoms. The molecule has 3 N–H and O–H groups in total. The van der Waals surface area contributed by atoms with Gasteiger partial charge in [0, 0.05) is 24.5 Å². The lowest BCUT2D eigenvalue weighted by Gasteiger charge is -2.31. The summed E-state index contributed by atoms with van der Waals surface area (Å²) >= 11 is 0. The van der Waals surface area contributed by atoms with Crippen LogP contribution in [0, 0.1) is 6.92 Å². The van der Waals surface area contributed by atoms with Crippen molar-refractivity contribution in [2.75, 3.05) is 0 Å². The fourth-order valence-corrected chi connectivity index (χ4v) is 1.96. The van der Waals surface area contributed by atoms with E-state index in [1.165, 1.54) is 0 Å². The lowest BCUT2D eigenvalue weighted by atomic mass is 10.2. The molecule has 0 radical (unpaired) electrons. The highest BCUT2D eigenvalue weighted by Crippen LogP contribution is 2.17. The monoisotopic (exact) mass is 233 g/mol. The molecule has 2 rings (SSSR count). The van der Waals surface area contributed by atoms with E-state index < -0.39 is 5.91 Å². The Morgan fingerprint density at radius 2 is 2.18 bits per heavy atom. The molecule has 2 heterocycles. The quantitative estimate of drug-likeness (QED) is 0.825. The van der Waals surface area contributed by atoms with E-state index in [9.17, 15) is 0 Å². The molecule has 0 aliphatic carbocycles. The van der Waals surface area contributed by atoms with Gasteiger partial charge in [0.05, 0.1) is 5.69 Å². The molecule has 5 nitrogen and oxygen atoms in total. The lowest BCUT2D eigenvalue weighted by molar-refractivity contribution is 0.259. The minimum Gasteiger partial charge on any atom is -0.337 e. The molecule has 5 heteroatoms. The molecule has 1 aromatic rings. The average molecular weight is 233 g/mol. The molecule has 0 saturated carbocycles. The summed E-state index contributed by atoms with van der Waals surface area (Å²) in [7, 11) is 0. The topological polar surface area (TPSA) is 68.2 Å². The molecule has 0 saturated heterocycles. The highest BCUT2D eigenvalue weighted by atomic mass is 15.5. The summed E-state index contributed by atoms with van der Waals surface area (Å²) < 4.78 is 1.90. The van der Waals surface area contributed by atoms with Gasteiger partial charge in [-0.3, -0.25) is 10.3 Å². The highest BCUT2D eigenvalue weighted by Gasteiger charge is 2.29. The molecule has 1 unspecified atom stereocenters. The van der Waals surface area contributed by atoms with Gasteiger partial charge in [-0.1, -0.05) is 13.8 Å². The summed E-state index contributed by atoms with van der Waals surface area (Å²) in [6, 6.07) is 0. The number of allylic oxidation sites excluding steroid dienone is 1. The minimum absolute atomic E-state index is 0.829. The van der Waals surface area contributed by atoms with Crippen molar-refractivity contribution in [1.29, 1.82) is 0 Å². The Morgan fingerprint density at radius 3 is 2.82 bits per heavy atom. The Balaban J connectivity index is 2.44. The van der Waals surface area contributed by atoms with Gasteiger partial charge in [-0.05, 0) is 19.4 Å². The largest absolute Gasteiger partial charge is 0.337 e. The van der Waals surface area contributed by atoms with Crippen LogP contribution >= 0.6 is 0 Å². The van der Waals surface area contributed by atoms with Crippen LogP contribution in [0.15, 0.2) is 23.5 Å². The number of nitrogens with two attached hydrogens (primary N) is 1. The Kier molecular flexibility index (Phi) is 3.02. The van der Waals surface area contributed by atoms with Crippen molar-refractivity contribution in [2.24, 2.45) is 10.7 Å². The maximum atomic E-state index is 6.31. The first kappa shape index (κ1) is 11.9. The number of hydrogen-bond acceptors (Lipinski definition) is 4. The Hall–Kier alpha value is -1.62. The summed E-state index contributed by atoms with van der Waals surface area (Å²) in [5.74, 6) is -0.000761. The summed E-state index contributed by atoms with van der Waals surface area (Å²) in [6.07, 6.45) is 7.42. The molecule has 1 atom stereocenters. The Morgan fingerprint density at radius 1 is 1.41 bits per heavy atom. The Labute approximate surface area is 101 Å². The fraction of sp³-hybridized carbons (Fsp3) is 0.500. The second kappa shape index (κ2) is 4.33. The first-order valence-electron chi connectivity index (χ1n) is 5.96. The standard InChI is InChI=1S/C12H19N5/c1-4-10-6-7-14-12(13,16-10)17-8-9(3)15-11(17)5-2/h6-8,14H,4-5,13H2,1-3H3. The van der Waals surface area contributed by atoms with Gasteiger partial charge in [0.2, 0.25) is 0 Å². The molecule has 0 fully saturated rings. The second-order valence-corrected chi connectivity index (χ2v) is 4.18. The smallest absolute Gasteiger partial charge is 0.270 e. The van der Waals surface area contributed by atoms with Crippen LogP contribution < -0.4 is 11.1 Å². The summed E-state index contributed by atoms with van der Waals surface area (Å²) in [5.41, 5.74) is 8.25. The predicted octanol–water partition coefficient (Wildman–Crippen LogP) is 1.25. The molecule has 92 valence electrons. The number of hydrogen-bond donors (Lipinski definition) is 2. The van der Waals surface area contributed by atoms with E-state index in [2.05, 4.69) is 29.1 Å². The molecule has 1 aliphatic rings. The van der Waals surface area contributed by atoms with Crippen molar-refractivity contribution < 1.29 is 0 Å². The number of nitrogens with one attached hydrogen (secondary N) is 1. The van der Waals surface area contributed by atoms with Crippen LogP contribution in [0.25, 0.3) is 0 Å². The van der Waals surface area contributed by atoms with Crippen molar-refractivity contribution in [1.82, 2.24) is 14.9 Å². The van der Waals surface area contributed by atoms with Crippen molar-refractivity contribution >= 4 is 5.71 Å². The SMILES string of the molecule is CCC1=NC(N)(n2cc(C)nc2CC)NC=C1. The van der Waals surface area contributed by atoms with Crippen LogP contribution in [-0.2, 0) is 12.3 Å². The van der Waals surface area contributed by atoms with Gasteiger partial charge in [0.15, 0.2) is 0 Å². The summed E-state index contributed by atoms with van der Waals surface area (Å²) in [5, 5.41) is 3.10. The van der Waals surface area contributed by atoms with Gasteiger partial charge < -0.3 is 5.32 Å². The Bertz CT molecular complexity index is 471.